The van der Waals surface area contributed by atoms with Gasteiger partial charge in [0.05, 0.1) is 10.6 Å². The molecule has 1 amide bonds. The Morgan fingerprint density at radius 1 is 1.10 bits per heavy atom. The molecule has 2 N–H and O–H groups in total. The maximum Gasteiger partial charge on any atom is 0.252 e. The van der Waals surface area contributed by atoms with Crippen molar-refractivity contribution in [1.29, 1.82) is 0 Å². The summed E-state index contributed by atoms with van der Waals surface area (Å²) in [6.45, 7) is 0.489. The normalized spacial score (nSPS) is 10.3. The van der Waals surface area contributed by atoms with Crippen molar-refractivity contribution in [2.24, 2.45) is 0 Å². The Kier molecular flexibility index (Phi) is 4.88. The second-order valence-corrected chi connectivity index (χ2v) is 5.14. The van der Waals surface area contributed by atoms with Gasteiger partial charge in [0.2, 0.25) is 0 Å². The zero-order chi connectivity index (χ0) is 14.5. The van der Waals surface area contributed by atoms with Crippen LogP contribution in [0.3, 0.4) is 0 Å². The van der Waals surface area contributed by atoms with Crippen molar-refractivity contribution in [3.63, 3.8) is 0 Å². The monoisotopic (exact) mass is 309 g/mol. The van der Waals surface area contributed by atoms with Gasteiger partial charge < -0.3 is 10.4 Å². The minimum Gasteiger partial charge on any atom is -0.508 e. The lowest BCUT2D eigenvalue weighted by molar-refractivity contribution is 0.0954. The van der Waals surface area contributed by atoms with Crippen LogP contribution >= 0.6 is 23.2 Å². The van der Waals surface area contributed by atoms with Crippen molar-refractivity contribution in [2.75, 3.05) is 6.54 Å². The van der Waals surface area contributed by atoms with Gasteiger partial charge in [-0.3, -0.25) is 4.79 Å². The summed E-state index contributed by atoms with van der Waals surface area (Å²) >= 11 is 11.7. The third kappa shape index (κ3) is 3.89. The highest BCUT2D eigenvalue weighted by atomic mass is 35.5. The van der Waals surface area contributed by atoms with E-state index in [1.807, 2.05) is 12.1 Å². The number of phenolic OH excluding ortho intramolecular Hbond substituents is 1. The summed E-state index contributed by atoms with van der Waals surface area (Å²) in [7, 11) is 0. The van der Waals surface area contributed by atoms with Gasteiger partial charge in [-0.2, -0.15) is 0 Å². The number of halogens is 2. The average Bonchev–Trinajstić information content (AvgIpc) is 2.41. The van der Waals surface area contributed by atoms with Crippen LogP contribution in [0.15, 0.2) is 42.5 Å². The molecule has 2 aromatic carbocycles. The fraction of sp³-hybridized carbons (Fsp3) is 0.133. The Morgan fingerprint density at radius 2 is 1.80 bits per heavy atom. The van der Waals surface area contributed by atoms with Gasteiger partial charge in [-0.15, -0.1) is 0 Å². The maximum absolute atomic E-state index is 11.9. The lowest BCUT2D eigenvalue weighted by atomic mass is 10.1. The first-order chi connectivity index (χ1) is 9.56. The first kappa shape index (κ1) is 14.7. The first-order valence-electron chi connectivity index (χ1n) is 6.07. The largest absolute Gasteiger partial charge is 0.508 e. The van der Waals surface area contributed by atoms with Crippen LogP contribution in [-0.4, -0.2) is 17.6 Å². The topological polar surface area (TPSA) is 49.3 Å². The van der Waals surface area contributed by atoms with E-state index in [1.54, 1.807) is 24.3 Å². The number of hydrogen-bond donors (Lipinski definition) is 2. The van der Waals surface area contributed by atoms with Crippen LogP contribution in [-0.2, 0) is 6.42 Å². The predicted molar refractivity (Wildman–Crippen MR) is 80.6 cm³/mol. The number of nitrogens with one attached hydrogen (secondary N) is 1. The minimum absolute atomic E-state index is 0.228. The smallest absolute Gasteiger partial charge is 0.252 e. The lowest BCUT2D eigenvalue weighted by Crippen LogP contribution is -2.25. The molecule has 0 aliphatic heterocycles. The molecule has 0 atom stereocenters. The fourth-order valence-electron chi connectivity index (χ4n) is 1.75. The third-order valence-electron chi connectivity index (χ3n) is 2.81. The van der Waals surface area contributed by atoms with Crippen LogP contribution in [0, 0.1) is 0 Å². The average molecular weight is 310 g/mol. The predicted octanol–water partition coefficient (Wildman–Crippen LogP) is 3.67. The van der Waals surface area contributed by atoms with Gasteiger partial charge in [0.25, 0.3) is 5.91 Å². The van der Waals surface area contributed by atoms with Crippen molar-refractivity contribution < 1.29 is 9.90 Å². The van der Waals surface area contributed by atoms with Crippen LogP contribution in [0.1, 0.15) is 15.9 Å². The fourth-order valence-corrected chi connectivity index (χ4v) is 2.25. The molecule has 3 nitrogen and oxygen atoms in total. The molecule has 0 aromatic heterocycles. The highest BCUT2D eigenvalue weighted by molar-refractivity contribution is 6.36. The van der Waals surface area contributed by atoms with Crippen LogP contribution in [0.4, 0.5) is 0 Å². The van der Waals surface area contributed by atoms with Crippen LogP contribution in [0.25, 0.3) is 0 Å². The highest BCUT2D eigenvalue weighted by Gasteiger charge is 2.09. The van der Waals surface area contributed by atoms with Crippen LogP contribution < -0.4 is 5.32 Å². The SMILES string of the molecule is O=C(NCCc1ccc(O)cc1)c1ccc(Cl)cc1Cl. The second-order valence-electron chi connectivity index (χ2n) is 4.30. The van der Waals surface area contributed by atoms with E-state index in [0.29, 0.717) is 28.6 Å². The summed E-state index contributed by atoms with van der Waals surface area (Å²) in [4.78, 5) is 11.9. The Hall–Kier alpha value is -1.71. The van der Waals surface area contributed by atoms with Crippen LogP contribution in [0.2, 0.25) is 10.0 Å². The molecule has 0 bridgehead atoms. The zero-order valence-electron chi connectivity index (χ0n) is 10.6. The summed E-state index contributed by atoms with van der Waals surface area (Å²) < 4.78 is 0. The number of rotatable bonds is 4. The lowest BCUT2D eigenvalue weighted by Gasteiger charge is -2.07. The second kappa shape index (κ2) is 6.64. The van der Waals surface area contributed by atoms with E-state index in [4.69, 9.17) is 23.2 Å². The van der Waals surface area contributed by atoms with Crippen molar-refractivity contribution in [3.8, 4) is 5.75 Å². The summed E-state index contributed by atoms with van der Waals surface area (Å²) in [5, 5.41) is 12.8. The van der Waals surface area contributed by atoms with Crippen molar-refractivity contribution in [2.45, 2.75) is 6.42 Å². The van der Waals surface area contributed by atoms with E-state index in [2.05, 4.69) is 5.32 Å². The Labute approximate surface area is 127 Å². The molecule has 104 valence electrons. The van der Waals surface area contributed by atoms with Crippen molar-refractivity contribution >= 4 is 29.1 Å². The molecular weight excluding hydrogens is 297 g/mol. The molecule has 5 heteroatoms. The summed E-state index contributed by atoms with van der Waals surface area (Å²) in [6.07, 6.45) is 0.678. The van der Waals surface area contributed by atoms with E-state index in [0.717, 1.165) is 5.56 Å². The summed E-state index contributed by atoms with van der Waals surface area (Å²) in [5.41, 5.74) is 1.44. The Morgan fingerprint density at radius 3 is 2.45 bits per heavy atom. The van der Waals surface area contributed by atoms with E-state index < -0.39 is 0 Å². The van der Waals surface area contributed by atoms with Gasteiger partial charge >= 0.3 is 0 Å². The van der Waals surface area contributed by atoms with Gasteiger partial charge in [0, 0.05) is 11.6 Å². The minimum atomic E-state index is -0.231. The molecule has 0 aliphatic carbocycles. The highest BCUT2D eigenvalue weighted by Crippen LogP contribution is 2.20. The number of aromatic hydroxyl groups is 1. The molecule has 2 aromatic rings. The summed E-state index contributed by atoms with van der Waals surface area (Å²) in [6, 6.07) is 11.6. The number of benzene rings is 2. The molecule has 0 heterocycles. The van der Waals surface area contributed by atoms with Gasteiger partial charge in [0.1, 0.15) is 5.75 Å². The molecule has 0 unspecified atom stereocenters. The van der Waals surface area contributed by atoms with E-state index >= 15 is 0 Å². The quantitative estimate of drug-likeness (QED) is 0.905. The zero-order valence-corrected chi connectivity index (χ0v) is 12.1. The van der Waals surface area contributed by atoms with Gasteiger partial charge in [0.15, 0.2) is 0 Å². The number of phenols is 1. The molecule has 20 heavy (non-hydrogen) atoms. The van der Waals surface area contributed by atoms with Crippen LogP contribution in [0.5, 0.6) is 5.75 Å². The van der Waals surface area contributed by atoms with E-state index in [1.165, 1.54) is 6.07 Å². The molecule has 0 fully saturated rings. The number of amides is 1. The van der Waals surface area contributed by atoms with E-state index in [9.17, 15) is 9.90 Å². The van der Waals surface area contributed by atoms with Crippen molar-refractivity contribution in [3.05, 3.63) is 63.6 Å². The Bertz CT molecular complexity index is 612. The molecule has 0 spiro atoms. The molecule has 2 rings (SSSR count). The molecule has 0 saturated carbocycles. The van der Waals surface area contributed by atoms with Gasteiger partial charge in [-0.25, -0.2) is 0 Å². The number of carbonyl (C=O) groups is 1. The molecular formula is C15H13Cl2NO2. The summed E-state index contributed by atoms with van der Waals surface area (Å²) in [5.74, 6) is -0.00354. The van der Waals surface area contributed by atoms with E-state index in [-0.39, 0.29) is 11.7 Å². The third-order valence-corrected chi connectivity index (χ3v) is 3.36. The first-order valence-corrected chi connectivity index (χ1v) is 6.83. The van der Waals surface area contributed by atoms with Crippen molar-refractivity contribution in [1.82, 2.24) is 5.32 Å². The Balaban J connectivity index is 1.90. The maximum atomic E-state index is 11.9. The standard InChI is InChI=1S/C15H13Cl2NO2/c16-11-3-6-13(14(17)9-11)15(20)18-8-7-10-1-4-12(19)5-2-10/h1-6,9,19H,7-8H2,(H,18,20). The van der Waals surface area contributed by atoms with Gasteiger partial charge in [-0.05, 0) is 42.3 Å². The molecule has 0 radical (unpaired) electrons. The molecule has 0 saturated heterocycles. The van der Waals surface area contributed by atoms with Gasteiger partial charge in [-0.1, -0.05) is 35.3 Å². The number of carbonyl (C=O) groups excluding carboxylic acids is 1. The molecule has 0 aliphatic rings. The number of hydrogen-bond acceptors (Lipinski definition) is 2.